The van der Waals surface area contributed by atoms with Crippen molar-refractivity contribution in [2.45, 2.75) is 25.9 Å². The van der Waals surface area contributed by atoms with Gasteiger partial charge in [-0.3, -0.25) is 4.57 Å². The van der Waals surface area contributed by atoms with Gasteiger partial charge in [0.25, 0.3) is 0 Å². The van der Waals surface area contributed by atoms with E-state index < -0.39 is 11.5 Å². The number of imidazole rings is 1. The number of benzene rings is 1. The molecule has 0 bridgehead atoms. The molecule has 0 amide bonds. The highest BCUT2D eigenvalue weighted by atomic mass is 19.3. The number of hydrogen-bond donors (Lipinski definition) is 0. The summed E-state index contributed by atoms with van der Waals surface area (Å²) in [4.78, 5) is 17.9. The van der Waals surface area contributed by atoms with E-state index in [2.05, 4.69) is 14.7 Å². The Balaban J connectivity index is 1.33. The average molecular weight is 418 g/mol. The number of hydrogen-bond acceptors (Lipinski definition) is 7. The van der Waals surface area contributed by atoms with Crippen molar-refractivity contribution in [3.8, 4) is 23.0 Å². The Hall–Kier alpha value is -3.60. The maximum absolute atomic E-state index is 12.2. The van der Waals surface area contributed by atoms with Crippen molar-refractivity contribution in [3.05, 3.63) is 64.5 Å². The van der Waals surface area contributed by atoms with Gasteiger partial charge in [-0.1, -0.05) is 24.3 Å². The maximum atomic E-state index is 12.2. The van der Waals surface area contributed by atoms with Gasteiger partial charge in [0, 0.05) is 22.8 Å². The molecule has 4 rings (SSSR count). The Morgan fingerprint density at radius 3 is 2.67 bits per heavy atom. The van der Waals surface area contributed by atoms with E-state index in [4.69, 9.17) is 9.47 Å². The largest absolute Gasteiger partial charge is 0.443 e. The van der Waals surface area contributed by atoms with Crippen LogP contribution in [0.5, 0.6) is 11.9 Å². The highest BCUT2D eigenvalue weighted by Gasteiger charge is 2.28. The van der Waals surface area contributed by atoms with E-state index >= 15 is 0 Å². The molecule has 11 heteroatoms. The predicted octanol–water partition coefficient (Wildman–Crippen LogP) is 3.43. The first-order chi connectivity index (χ1) is 14.5. The fourth-order valence-corrected chi connectivity index (χ4v) is 2.98. The van der Waals surface area contributed by atoms with Crippen LogP contribution in [0.2, 0.25) is 0 Å². The summed E-state index contributed by atoms with van der Waals surface area (Å²) in [5, 5.41) is 10.8. The molecular weight excluding hydrogens is 402 g/mol. The fraction of sp³-hybridized carbons (Fsp3) is 0.263. The quantitative estimate of drug-likeness (QED) is 0.428. The molecule has 9 nitrogen and oxygen atoms in total. The minimum Gasteiger partial charge on any atom is -0.443 e. The highest BCUT2D eigenvalue weighted by molar-refractivity contribution is 5.62. The summed E-state index contributed by atoms with van der Waals surface area (Å²) in [7, 11) is 0. The van der Waals surface area contributed by atoms with Crippen molar-refractivity contribution >= 4 is 5.82 Å². The van der Waals surface area contributed by atoms with Gasteiger partial charge in [-0.05, 0) is 22.1 Å². The van der Waals surface area contributed by atoms with Crippen LogP contribution in [-0.4, -0.2) is 38.8 Å². The zero-order chi connectivity index (χ0) is 21.1. The van der Waals surface area contributed by atoms with E-state index in [1.165, 1.54) is 18.5 Å². The van der Waals surface area contributed by atoms with E-state index in [0.29, 0.717) is 13.2 Å². The lowest BCUT2D eigenvalue weighted by atomic mass is 10.1. The fourth-order valence-electron chi connectivity index (χ4n) is 2.98. The van der Waals surface area contributed by atoms with Gasteiger partial charge in [0.05, 0.1) is 13.2 Å². The predicted molar refractivity (Wildman–Crippen MR) is 99.3 cm³/mol. The van der Waals surface area contributed by atoms with Gasteiger partial charge in [0.1, 0.15) is 18.9 Å². The molecule has 0 aliphatic carbocycles. The molecule has 0 N–H and O–H groups in total. The summed E-state index contributed by atoms with van der Waals surface area (Å²) in [5.74, 6) is -0.399. The van der Waals surface area contributed by atoms with Gasteiger partial charge in [0.15, 0.2) is 0 Å². The number of fused-ring (bicyclic) bond motifs is 1. The first kappa shape index (κ1) is 19.7. The molecule has 1 aliphatic rings. The van der Waals surface area contributed by atoms with Gasteiger partial charge in [-0.25, -0.2) is 4.98 Å². The van der Waals surface area contributed by atoms with Crippen LogP contribution in [0, 0.1) is 10.1 Å². The third-order valence-electron chi connectivity index (χ3n) is 4.43. The van der Waals surface area contributed by atoms with Crippen LogP contribution in [0.3, 0.4) is 0 Å². The topological polar surface area (TPSA) is 102 Å². The van der Waals surface area contributed by atoms with E-state index in [9.17, 15) is 18.9 Å². The van der Waals surface area contributed by atoms with Crippen molar-refractivity contribution in [3.63, 3.8) is 0 Å². The molecule has 1 atom stereocenters. The number of nitrogens with zero attached hydrogens (tertiary/aromatic N) is 4. The van der Waals surface area contributed by atoms with Crippen molar-refractivity contribution < 1.29 is 27.9 Å². The Kier molecular flexibility index (Phi) is 5.53. The van der Waals surface area contributed by atoms with Gasteiger partial charge in [-0.15, -0.1) is 0 Å². The van der Waals surface area contributed by atoms with Gasteiger partial charge >= 0.3 is 18.4 Å². The lowest BCUT2D eigenvalue weighted by molar-refractivity contribution is -0.389. The molecule has 0 unspecified atom stereocenters. The molecule has 0 saturated carbocycles. The third kappa shape index (κ3) is 4.51. The molecule has 0 fully saturated rings. The maximum Gasteiger partial charge on any atom is 0.414 e. The number of alkyl halides is 2. The Morgan fingerprint density at radius 1 is 1.23 bits per heavy atom. The SMILES string of the molecule is O=[N+]([O-])c1cn2c(n1)OC[C@@H](OCc1ccc(-c3ccc(OC(F)F)nc3)cc1)C2. The molecule has 1 aliphatic heterocycles. The average Bonchev–Trinajstić information content (AvgIpc) is 3.17. The molecule has 3 heterocycles. The van der Waals surface area contributed by atoms with Gasteiger partial charge in [-0.2, -0.15) is 8.78 Å². The molecular formula is C19H16F2N4O5. The smallest absolute Gasteiger partial charge is 0.414 e. The molecule has 0 spiro atoms. The van der Waals surface area contributed by atoms with Crippen molar-refractivity contribution in [2.24, 2.45) is 0 Å². The second kappa shape index (κ2) is 8.41. The number of ether oxygens (including phenoxy) is 3. The van der Waals surface area contributed by atoms with Crippen LogP contribution in [0.4, 0.5) is 14.6 Å². The lowest BCUT2D eigenvalue weighted by Crippen LogP contribution is -2.32. The molecule has 0 saturated heterocycles. The summed E-state index contributed by atoms with van der Waals surface area (Å²) >= 11 is 0. The molecule has 156 valence electrons. The van der Waals surface area contributed by atoms with E-state index in [1.807, 2.05) is 24.3 Å². The summed E-state index contributed by atoms with van der Waals surface area (Å²) in [6.45, 7) is -1.91. The van der Waals surface area contributed by atoms with Crippen LogP contribution < -0.4 is 9.47 Å². The standard InChI is InChI=1S/C19H16F2N4O5/c20-18(21)30-17-6-5-14(7-22-17)13-3-1-12(2-4-13)10-28-15-8-24-9-16(25(26)27)23-19(24)29-11-15/h1-7,9,15,18H,8,10-11H2/t15-/m0/s1. The molecule has 3 aromatic rings. The van der Waals surface area contributed by atoms with E-state index in [1.54, 1.807) is 10.6 Å². The zero-order valence-electron chi connectivity index (χ0n) is 15.5. The Morgan fingerprint density at radius 2 is 2.00 bits per heavy atom. The monoisotopic (exact) mass is 418 g/mol. The summed E-state index contributed by atoms with van der Waals surface area (Å²) < 4.78 is 41.4. The lowest BCUT2D eigenvalue weighted by Gasteiger charge is -2.22. The molecule has 2 aromatic heterocycles. The van der Waals surface area contributed by atoms with Crippen LogP contribution >= 0.6 is 0 Å². The van der Waals surface area contributed by atoms with Crippen LogP contribution in [0.25, 0.3) is 11.1 Å². The normalized spacial score (nSPS) is 15.5. The number of aromatic nitrogens is 3. The zero-order valence-corrected chi connectivity index (χ0v) is 15.5. The van der Waals surface area contributed by atoms with E-state index in [0.717, 1.165) is 16.7 Å². The second-order valence-corrected chi connectivity index (χ2v) is 6.50. The third-order valence-corrected chi connectivity index (χ3v) is 4.43. The van der Waals surface area contributed by atoms with Crippen LogP contribution in [0.15, 0.2) is 48.8 Å². The van der Waals surface area contributed by atoms with Crippen LogP contribution in [-0.2, 0) is 17.9 Å². The minimum atomic E-state index is -2.91. The molecule has 0 radical (unpaired) electrons. The van der Waals surface area contributed by atoms with Crippen molar-refractivity contribution in [1.29, 1.82) is 0 Å². The number of halogens is 2. The van der Waals surface area contributed by atoms with Gasteiger partial charge in [0.2, 0.25) is 5.88 Å². The first-order valence-electron chi connectivity index (χ1n) is 8.94. The minimum absolute atomic E-state index is 0.139. The second-order valence-electron chi connectivity index (χ2n) is 6.50. The number of pyridine rings is 1. The first-order valence-corrected chi connectivity index (χ1v) is 8.94. The Labute approximate surface area is 169 Å². The summed E-state index contributed by atoms with van der Waals surface area (Å²) in [6.07, 6.45) is 2.52. The van der Waals surface area contributed by atoms with E-state index in [-0.39, 0.29) is 30.4 Å². The van der Waals surface area contributed by atoms with Crippen LogP contribution in [0.1, 0.15) is 5.56 Å². The molecule has 1 aromatic carbocycles. The van der Waals surface area contributed by atoms with Gasteiger partial charge < -0.3 is 24.3 Å². The summed E-state index contributed by atoms with van der Waals surface area (Å²) in [6, 6.07) is 10.8. The number of nitro groups is 1. The van der Waals surface area contributed by atoms with Crippen molar-refractivity contribution in [1.82, 2.24) is 14.5 Å². The van der Waals surface area contributed by atoms with Crippen molar-refractivity contribution in [2.75, 3.05) is 6.61 Å². The number of rotatable bonds is 7. The summed E-state index contributed by atoms with van der Waals surface area (Å²) in [5.41, 5.74) is 2.55. The molecule has 30 heavy (non-hydrogen) atoms. The highest BCUT2D eigenvalue weighted by Crippen LogP contribution is 2.24. The Bertz CT molecular complexity index is 1020.